The first-order valence-electron chi connectivity index (χ1n) is 8.68. The Kier molecular flexibility index (Phi) is 4.64. The molecule has 0 radical (unpaired) electrons. The van der Waals surface area contributed by atoms with Gasteiger partial charge in [-0.3, -0.25) is 14.2 Å². The third-order valence-corrected chi connectivity index (χ3v) is 4.68. The van der Waals surface area contributed by atoms with E-state index in [9.17, 15) is 4.79 Å². The SMILES string of the molecule is CCn1ncc(Cl)c1C(=O)Nc1ccn(Cc2cccc3ccccc23)n1. The molecule has 0 aliphatic heterocycles. The molecule has 0 aliphatic rings. The predicted molar refractivity (Wildman–Crippen MR) is 106 cm³/mol. The van der Waals surface area contributed by atoms with E-state index in [0.29, 0.717) is 29.6 Å². The van der Waals surface area contributed by atoms with Crippen molar-refractivity contribution in [3.63, 3.8) is 0 Å². The Bertz CT molecular complexity index is 1110. The van der Waals surface area contributed by atoms with Crippen LogP contribution in [0.5, 0.6) is 0 Å². The summed E-state index contributed by atoms with van der Waals surface area (Å²) in [5.74, 6) is 0.148. The number of amides is 1. The zero-order chi connectivity index (χ0) is 18.8. The Labute approximate surface area is 161 Å². The van der Waals surface area contributed by atoms with E-state index in [4.69, 9.17) is 11.6 Å². The van der Waals surface area contributed by atoms with Gasteiger partial charge in [-0.05, 0) is 23.3 Å². The van der Waals surface area contributed by atoms with E-state index < -0.39 is 0 Å². The van der Waals surface area contributed by atoms with E-state index >= 15 is 0 Å². The van der Waals surface area contributed by atoms with Crippen LogP contribution < -0.4 is 5.32 Å². The molecular weight excluding hydrogens is 362 g/mol. The highest BCUT2D eigenvalue weighted by Crippen LogP contribution is 2.20. The number of rotatable bonds is 5. The van der Waals surface area contributed by atoms with Gasteiger partial charge < -0.3 is 5.32 Å². The summed E-state index contributed by atoms with van der Waals surface area (Å²) < 4.78 is 3.36. The summed E-state index contributed by atoms with van der Waals surface area (Å²) in [5, 5.41) is 14.0. The molecule has 0 unspecified atom stereocenters. The van der Waals surface area contributed by atoms with E-state index in [0.717, 1.165) is 0 Å². The molecule has 0 aliphatic carbocycles. The lowest BCUT2D eigenvalue weighted by atomic mass is 10.0. The van der Waals surface area contributed by atoms with Crippen LogP contribution in [0.2, 0.25) is 5.02 Å². The molecule has 1 N–H and O–H groups in total. The monoisotopic (exact) mass is 379 g/mol. The molecule has 1 amide bonds. The summed E-state index contributed by atoms with van der Waals surface area (Å²) in [6.07, 6.45) is 3.31. The second-order valence-corrected chi connectivity index (χ2v) is 6.56. The predicted octanol–water partition coefficient (Wildman–Crippen LogP) is 4.21. The molecule has 2 heterocycles. The molecular formula is C20H18ClN5O. The number of halogens is 1. The Morgan fingerprint density at radius 2 is 1.96 bits per heavy atom. The molecule has 136 valence electrons. The lowest BCUT2D eigenvalue weighted by Crippen LogP contribution is -2.18. The molecule has 0 fully saturated rings. The van der Waals surface area contributed by atoms with E-state index in [1.54, 1.807) is 15.4 Å². The van der Waals surface area contributed by atoms with Crippen molar-refractivity contribution in [2.75, 3.05) is 5.32 Å². The average molecular weight is 380 g/mol. The van der Waals surface area contributed by atoms with Gasteiger partial charge in [0.1, 0.15) is 5.69 Å². The van der Waals surface area contributed by atoms with Gasteiger partial charge >= 0.3 is 0 Å². The number of hydrogen-bond donors (Lipinski definition) is 1. The highest BCUT2D eigenvalue weighted by molar-refractivity contribution is 6.34. The summed E-state index contributed by atoms with van der Waals surface area (Å²) >= 11 is 6.08. The van der Waals surface area contributed by atoms with Crippen LogP contribution in [0.4, 0.5) is 5.82 Å². The van der Waals surface area contributed by atoms with Gasteiger partial charge in [-0.1, -0.05) is 54.1 Å². The molecule has 2 aromatic heterocycles. The van der Waals surface area contributed by atoms with Crippen molar-refractivity contribution >= 4 is 34.1 Å². The van der Waals surface area contributed by atoms with E-state index in [2.05, 4.69) is 39.8 Å². The van der Waals surface area contributed by atoms with Crippen LogP contribution in [0, 0.1) is 0 Å². The molecule has 0 saturated carbocycles. The van der Waals surface area contributed by atoms with Gasteiger partial charge in [0.2, 0.25) is 0 Å². The van der Waals surface area contributed by atoms with Gasteiger partial charge in [0.15, 0.2) is 5.82 Å². The number of aryl methyl sites for hydroxylation is 1. The maximum absolute atomic E-state index is 12.5. The molecule has 2 aromatic carbocycles. The van der Waals surface area contributed by atoms with Crippen LogP contribution >= 0.6 is 11.6 Å². The number of nitrogens with zero attached hydrogens (tertiary/aromatic N) is 4. The van der Waals surface area contributed by atoms with Crippen molar-refractivity contribution < 1.29 is 4.79 Å². The maximum Gasteiger partial charge on any atom is 0.276 e. The van der Waals surface area contributed by atoms with Crippen LogP contribution in [0.1, 0.15) is 23.0 Å². The van der Waals surface area contributed by atoms with Gasteiger partial charge in [-0.2, -0.15) is 10.2 Å². The fraction of sp³-hybridized carbons (Fsp3) is 0.150. The number of aromatic nitrogens is 4. The first-order chi connectivity index (χ1) is 13.2. The lowest BCUT2D eigenvalue weighted by Gasteiger charge is -2.07. The molecule has 4 aromatic rings. The summed E-state index contributed by atoms with van der Waals surface area (Å²) in [5.41, 5.74) is 1.50. The molecule has 0 atom stereocenters. The van der Waals surface area contributed by atoms with Crippen molar-refractivity contribution in [3.8, 4) is 0 Å². The van der Waals surface area contributed by atoms with Crippen LogP contribution in [-0.2, 0) is 13.1 Å². The van der Waals surface area contributed by atoms with Crippen LogP contribution in [-0.4, -0.2) is 25.5 Å². The van der Waals surface area contributed by atoms with E-state index in [1.807, 2.05) is 31.3 Å². The lowest BCUT2D eigenvalue weighted by molar-refractivity contribution is 0.101. The summed E-state index contributed by atoms with van der Waals surface area (Å²) in [7, 11) is 0. The van der Waals surface area contributed by atoms with Gasteiger partial charge in [0, 0.05) is 18.8 Å². The number of carbonyl (C=O) groups is 1. The van der Waals surface area contributed by atoms with Gasteiger partial charge in [-0.15, -0.1) is 0 Å². The zero-order valence-electron chi connectivity index (χ0n) is 14.8. The average Bonchev–Trinajstić information content (AvgIpc) is 3.28. The summed E-state index contributed by atoms with van der Waals surface area (Å²) in [6, 6.07) is 16.2. The summed E-state index contributed by atoms with van der Waals surface area (Å²) in [6.45, 7) is 3.08. The standard InChI is InChI=1S/C20H18ClN5O/c1-2-26-19(17(21)12-22-26)20(27)23-18-10-11-25(24-18)13-15-8-5-7-14-6-3-4-9-16(14)15/h3-12H,2,13H2,1H3,(H,23,24,27). The molecule has 7 heteroatoms. The highest BCUT2D eigenvalue weighted by atomic mass is 35.5. The number of benzene rings is 2. The minimum absolute atomic E-state index is 0.324. The Hall–Kier alpha value is -3.12. The van der Waals surface area contributed by atoms with Crippen LogP contribution in [0.25, 0.3) is 10.8 Å². The van der Waals surface area contributed by atoms with Crippen LogP contribution in [0.3, 0.4) is 0 Å². The largest absolute Gasteiger partial charge is 0.304 e. The van der Waals surface area contributed by atoms with Gasteiger partial charge in [0.25, 0.3) is 5.91 Å². The van der Waals surface area contributed by atoms with Gasteiger partial charge in [-0.25, -0.2) is 0 Å². The second-order valence-electron chi connectivity index (χ2n) is 6.15. The van der Waals surface area contributed by atoms with Crippen molar-refractivity contribution in [2.45, 2.75) is 20.0 Å². The normalized spacial score (nSPS) is 11.0. The number of nitrogens with one attached hydrogen (secondary N) is 1. The number of hydrogen-bond acceptors (Lipinski definition) is 3. The fourth-order valence-electron chi connectivity index (χ4n) is 3.12. The second kappa shape index (κ2) is 7.25. The zero-order valence-corrected chi connectivity index (χ0v) is 15.5. The van der Waals surface area contributed by atoms with E-state index in [1.165, 1.54) is 22.5 Å². The van der Waals surface area contributed by atoms with Crippen molar-refractivity contribution in [3.05, 3.63) is 77.2 Å². The highest BCUT2D eigenvalue weighted by Gasteiger charge is 2.17. The Balaban J connectivity index is 1.53. The number of anilines is 1. The fourth-order valence-corrected chi connectivity index (χ4v) is 3.35. The molecule has 4 rings (SSSR count). The first kappa shape index (κ1) is 17.3. The molecule has 0 bridgehead atoms. The number of carbonyl (C=O) groups excluding carboxylic acids is 1. The van der Waals surface area contributed by atoms with Crippen molar-refractivity contribution in [1.29, 1.82) is 0 Å². The smallest absolute Gasteiger partial charge is 0.276 e. The summed E-state index contributed by atoms with van der Waals surface area (Å²) in [4.78, 5) is 12.5. The molecule has 6 nitrogen and oxygen atoms in total. The Morgan fingerprint density at radius 3 is 2.81 bits per heavy atom. The topological polar surface area (TPSA) is 64.7 Å². The van der Waals surface area contributed by atoms with Gasteiger partial charge in [0.05, 0.1) is 17.8 Å². The third kappa shape index (κ3) is 3.44. The van der Waals surface area contributed by atoms with Crippen LogP contribution in [0.15, 0.2) is 60.9 Å². The van der Waals surface area contributed by atoms with Crippen molar-refractivity contribution in [1.82, 2.24) is 19.6 Å². The molecule has 0 spiro atoms. The third-order valence-electron chi connectivity index (χ3n) is 4.40. The minimum atomic E-state index is -0.324. The van der Waals surface area contributed by atoms with Crippen molar-refractivity contribution in [2.24, 2.45) is 0 Å². The Morgan fingerprint density at radius 1 is 1.15 bits per heavy atom. The minimum Gasteiger partial charge on any atom is -0.304 e. The quantitative estimate of drug-likeness (QED) is 0.565. The van der Waals surface area contributed by atoms with E-state index in [-0.39, 0.29) is 5.91 Å². The molecule has 0 saturated heterocycles. The maximum atomic E-state index is 12.5. The molecule has 27 heavy (non-hydrogen) atoms. The first-order valence-corrected chi connectivity index (χ1v) is 9.06. The number of fused-ring (bicyclic) bond motifs is 1.